The minimum absolute atomic E-state index is 0.0575. The van der Waals surface area contributed by atoms with Gasteiger partial charge in [0.2, 0.25) is 0 Å². The molecule has 0 unspecified atom stereocenters. The van der Waals surface area contributed by atoms with Crippen LogP contribution in [0.5, 0.6) is 0 Å². The lowest BCUT2D eigenvalue weighted by atomic mass is 10.1. The van der Waals surface area contributed by atoms with E-state index in [4.69, 9.17) is 9.15 Å². The first kappa shape index (κ1) is 15.6. The van der Waals surface area contributed by atoms with E-state index in [1.807, 2.05) is 48.2 Å². The molecule has 2 amide bonds. The zero-order valence-electron chi connectivity index (χ0n) is 13.3. The van der Waals surface area contributed by atoms with Gasteiger partial charge in [0, 0.05) is 24.4 Å². The van der Waals surface area contributed by atoms with Crippen LogP contribution in [0, 0.1) is 0 Å². The number of likely N-dealkylation sites (tertiary alicyclic amines) is 1. The van der Waals surface area contributed by atoms with Crippen LogP contribution in [0.2, 0.25) is 0 Å². The monoisotopic (exact) mass is 314 g/mol. The molecule has 23 heavy (non-hydrogen) atoms. The molecule has 2 heterocycles. The van der Waals surface area contributed by atoms with Crippen LogP contribution in [0.1, 0.15) is 19.8 Å². The lowest BCUT2D eigenvalue weighted by Gasteiger charge is -2.24. The maximum Gasteiger partial charge on any atom is 0.322 e. The van der Waals surface area contributed by atoms with Crippen LogP contribution >= 0.6 is 0 Å². The topological polar surface area (TPSA) is 54.7 Å². The van der Waals surface area contributed by atoms with Crippen molar-refractivity contribution in [2.45, 2.75) is 25.8 Å². The van der Waals surface area contributed by atoms with Crippen molar-refractivity contribution in [2.24, 2.45) is 0 Å². The summed E-state index contributed by atoms with van der Waals surface area (Å²) in [5.74, 6) is 0.819. The van der Waals surface area contributed by atoms with E-state index in [1.165, 1.54) is 0 Å². The highest BCUT2D eigenvalue weighted by Gasteiger charge is 2.28. The van der Waals surface area contributed by atoms with Gasteiger partial charge in [-0.25, -0.2) is 4.79 Å². The van der Waals surface area contributed by atoms with Crippen LogP contribution in [-0.4, -0.2) is 36.7 Å². The summed E-state index contributed by atoms with van der Waals surface area (Å²) in [6.07, 6.45) is 3.68. The van der Waals surface area contributed by atoms with E-state index >= 15 is 0 Å². The van der Waals surface area contributed by atoms with Crippen molar-refractivity contribution in [3.63, 3.8) is 0 Å². The number of nitrogens with one attached hydrogen (secondary N) is 1. The molecular formula is C18H22N2O3. The van der Waals surface area contributed by atoms with Crippen molar-refractivity contribution < 1.29 is 13.9 Å². The Kier molecular flexibility index (Phi) is 4.98. The highest BCUT2D eigenvalue weighted by molar-refractivity contribution is 5.90. The van der Waals surface area contributed by atoms with Gasteiger partial charge >= 0.3 is 6.03 Å². The second-order valence-electron chi connectivity index (χ2n) is 5.63. The van der Waals surface area contributed by atoms with Crippen LogP contribution in [-0.2, 0) is 4.74 Å². The van der Waals surface area contributed by atoms with Gasteiger partial charge in [-0.15, -0.1) is 0 Å². The van der Waals surface area contributed by atoms with E-state index in [9.17, 15) is 4.79 Å². The SMILES string of the molecule is CCOC[C@H]1CCCN1C(=O)Nc1ccc(-c2ccco2)cc1. The van der Waals surface area contributed by atoms with E-state index in [0.717, 1.165) is 36.4 Å². The molecule has 0 saturated carbocycles. The molecule has 1 N–H and O–H groups in total. The molecule has 1 aliphatic heterocycles. The van der Waals surface area contributed by atoms with Crippen molar-refractivity contribution in [1.82, 2.24) is 4.90 Å². The molecule has 5 heteroatoms. The fourth-order valence-electron chi connectivity index (χ4n) is 2.89. The van der Waals surface area contributed by atoms with Crippen LogP contribution in [0.15, 0.2) is 47.1 Å². The van der Waals surface area contributed by atoms with Gasteiger partial charge in [0.15, 0.2) is 0 Å². The Balaban J connectivity index is 1.61. The van der Waals surface area contributed by atoms with Gasteiger partial charge in [0.1, 0.15) is 5.76 Å². The summed E-state index contributed by atoms with van der Waals surface area (Å²) in [7, 11) is 0. The summed E-state index contributed by atoms with van der Waals surface area (Å²) >= 11 is 0. The maximum atomic E-state index is 12.4. The van der Waals surface area contributed by atoms with Crippen LogP contribution in [0.3, 0.4) is 0 Å². The number of furan rings is 1. The van der Waals surface area contributed by atoms with Gasteiger partial charge in [-0.2, -0.15) is 0 Å². The van der Waals surface area contributed by atoms with Crippen molar-refractivity contribution in [2.75, 3.05) is 25.1 Å². The molecule has 122 valence electrons. The lowest BCUT2D eigenvalue weighted by molar-refractivity contribution is 0.0970. The largest absolute Gasteiger partial charge is 0.464 e. The fraction of sp³-hybridized carbons (Fsp3) is 0.389. The van der Waals surface area contributed by atoms with Gasteiger partial charge in [-0.1, -0.05) is 0 Å². The first-order valence-electron chi connectivity index (χ1n) is 8.07. The summed E-state index contributed by atoms with van der Waals surface area (Å²) in [6.45, 7) is 4.05. The molecule has 1 aliphatic rings. The quantitative estimate of drug-likeness (QED) is 0.908. The Morgan fingerprint density at radius 3 is 2.87 bits per heavy atom. The standard InChI is InChI=1S/C18H22N2O3/c1-2-22-13-16-5-3-11-20(16)18(21)19-15-9-7-14(8-10-15)17-6-4-12-23-17/h4,6-10,12,16H,2-3,5,11,13H2,1H3,(H,19,21)/t16-/m1/s1. The Hall–Kier alpha value is -2.27. The summed E-state index contributed by atoms with van der Waals surface area (Å²) in [6, 6.07) is 11.6. The van der Waals surface area contributed by atoms with Crippen molar-refractivity contribution in [3.05, 3.63) is 42.7 Å². The van der Waals surface area contributed by atoms with Gasteiger partial charge in [-0.3, -0.25) is 0 Å². The number of urea groups is 1. The number of ether oxygens (including phenoxy) is 1. The molecule has 1 atom stereocenters. The number of hydrogen-bond donors (Lipinski definition) is 1. The highest BCUT2D eigenvalue weighted by Crippen LogP contribution is 2.23. The predicted octanol–water partition coefficient (Wildman–Crippen LogP) is 3.98. The molecule has 0 radical (unpaired) electrons. The molecule has 5 nitrogen and oxygen atoms in total. The third-order valence-corrected chi connectivity index (χ3v) is 4.09. The van der Waals surface area contributed by atoms with E-state index in [0.29, 0.717) is 13.2 Å². The highest BCUT2D eigenvalue weighted by atomic mass is 16.5. The van der Waals surface area contributed by atoms with Crippen LogP contribution in [0.4, 0.5) is 10.5 Å². The average Bonchev–Trinajstić information content (AvgIpc) is 3.25. The van der Waals surface area contributed by atoms with Crippen molar-refractivity contribution in [1.29, 1.82) is 0 Å². The Labute approximate surface area is 136 Å². The normalized spacial score (nSPS) is 17.4. The van der Waals surface area contributed by atoms with Gasteiger partial charge < -0.3 is 19.4 Å². The number of carbonyl (C=O) groups is 1. The summed E-state index contributed by atoms with van der Waals surface area (Å²) < 4.78 is 10.8. The summed E-state index contributed by atoms with van der Waals surface area (Å²) in [4.78, 5) is 14.3. The molecule has 0 aliphatic carbocycles. The number of nitrogens with zero attached hydrogens (tertiary/aromatic N) is 1. The minimum Gasteiger partial charge on any atom is -0.464 e. The first-order chi connectivity index (χ1) is 11.3. The number of anilines is 1. The third kappa shape index (κ3) is 3.74. The number of benzene rings is 1. The molecule has 0 spiro atoms. The molecule has 0 bridgehead atoms. The van der Waals surface area contributed by atoms with Crippen LogP contribution in [0.25, 0.3) is 11.3 Å². The fourth-order valence-corrected chi connectivity index (χ4v) is 2.89. The van der Waals surface area contributed by atoms with E-state index in [-0.39, 0.29) is 12.1 Å². The summed E-state index contributed by atoms with van der Waals surface area (Å²) in [5, 5.41) is 2.96. The van der Waals surface area contributed by atoms with Crippen molar-refractivity contribution in [3.8, 4) is 11.3 Å². The average molecular weight is 314 g/mol. The number of amides is 2. The van der Waals surface area contributed by atoms with E-state index in [1.54, 1.807) is 6.26 Å². The van der Waals surface area contributed by atoms with Gasteiger partial charge in [-0.05, 0) is 56.2 Å². The lowest BCUT2D eigenvalue weighted by Crippen LogP contribution is -2.41. The maximum absolute atomic E-state index is 12.4. The van der Waals surface area contributed by atoms with Crippen molar-refractivity contribution >= 4 is 11.7 Å². The molecular weight excluding hydrogens is 292 g/mol. The summed E-state index contributed by atoms with van der Waals surface area (Å²) in [5.41, 5.74) is 1.77. The zero-order valence-corrected chi connectivity index (χ0v) is 13.3. The minimum atomic E-state index is -0.0575. The number of hydrogen-bond acceptors (Lipinski definition) is 3. The Morgan fingerprint density at radius 1 is 1.35 bits per heavy atom. The Bertz CT molecular complexity index is 622. The molecule has 2 aromatic rings. The smallest absolute Gasteiger partial charge is 0.322 e. The van der Waals surface area contributed by atoms with Gasteiger partial charge in [0.05, 0.1) is 18.9 Å². The molecule has 3 rings (SSSR count). The molecule has 1 aromatic heterocycles. The van der Waals surface area contributed by atoms with Crippen LogP contribution < -0.4 is 5.32 Å². The third-order valence-electron chi connectivity index (χ3n) is 4.09. The molecule has 1 aromatic carbocycles. The second kappa shape index (κ2) is 7.33. The molecule has 1 fully saturated rings. The Morgan fingerprint density at radius 2 is 2.17 bits per heavy atom. The zero-order chi connectivity index (χ0) is 16.1. The second-order valence-corrected chi connectivity index (χ2v) is 5.63. The predicted molar refractivity (Wildman–Crippen MR) is 89.4 cm³/mol. The van der Waals surface area contributed by atoms with E-state index < -0.39 is 0 Å². The van der Waals surface area contributed by atoms with Gasteiger partial charge in [0.25, 0.3) is 0 Å². The number of carbonyl (C=O) groups excluding carboxylic acids is 1. The van der Waals surface area contributed by atoms with E-state index in [2.05, 4.69) is 5.32 Å². The first-order valence-corrected chi connectivity index (χ1v) is 8.07. The number of rotatable bonds is 5. The molecule has 1 saturated heterocycles.